The molecule has 0 radical (unpaired) electrons. The maximum atomic E-state index is 12.5. The Morgan fingerprint density at radius 3 is 2.32 bits per heavy atom. The largest absolute Gasteiger partial charge is 0.511 e. The van der Waals surface area contributed by atoms with Gasteiger partial charge in [0.15, 0.2) is 5.96 Å². The van der Waals surface area contributed by atoms with Crippen LogP contribution in [0.4, 0.5) is 13.2 Å². The maximum Gasteiger partial charge on any atom is 0.511 e. The average molecular weight is 344 g/mol. The fraction of sp³-hybridized carbons (Fsp3) is 0.917. The quantitative estimate of drug-likeness (QED) is 0.582. The van der Waals surface area contributed by atoms with Crippen molar-refractivity contribution in [3.8, 4) is 0 Å². The van der Waals surface area contributed by atoms with Gasteiger partial charge in [0, 0.05) is 32.2 Å². The second-order valence-electron chi connectivity index (χ2n) is 5.03. The molecule has 0 atom stereocenters. The monoisotopic (exact) mass is 344 g/mol. The van der Waals surface area contributed by atoms with Crippen molar-refractivity contribution in [3.63, 3.8) is 0 Å². The molecule has 1 rings (SSSR count). The summed E-state index contributed by atoms with van der Waals surface area (Å²) < 4.78 is 60.6. The van der Waals surface area contributed by atoms with E-state index < -0.39 is 15.5 Å². The van der Waals surface area contributed by atoms with Crippen molar-refractivity contribution in [2.24, 2.45) is 4.99 Å². The summed E-state index contributed by atoms with van der Waals surface area (Å²) in [6.07, 6.45) is 1.51. The summed E-state index contributed by atoms with van der Waals surface area (Å²) in [5.74, 6) is 0.612. The molecule has 0 unspecified atom stereocenters. The first kappa shape index (κ1) is 19.0. The number of rotatable bonds is 5. The number of halogens is 3. The molecule has 0 aromatic heterocycles. The van der Waals surface area contributed by atoms with Crippen LogP contribution in [0.2, 0.25) is 0 Å². The number of guanidine groups is 1. The number of hydrogen-bond donors (Lipinski definition) is 2. The van der Waals surface area contributed by atoms with E-state index in [2.05, 4.69) is 15.6 Å². The van der Waals surface area contributed by atoms with Crippen LogP contribution in [0.3, 0.4) is 0 Å². The minimum atomic E-state index is -5.23. The molecule has 10 heteroatoms. The molecule has 0 spiro atoms. The maximum absolute atomic E-state index is 12.5. The Labute approximate surface area is 129 Å². The van der Waals surface area contributed by atoms with Crippen LogP contribution in [0.1, 0.15) is 33.1 Å². The highest BCUT2D eigenvalue weighted by Crippen LogP contribution is 2.28. The van der Waals surface area contributed by atoms with Gasteiger partial charge in [-0.25, -0.2) is 8.42 Å². The van der Waals surface area contributed by atoms with Crippen molar-refractivity contribution < 1.29 is 21.6 Å². The van der Waals surface area contributed by atoms with Crippen molar-refractivity contribution in [2.45, 2.75) is 44.7 Å². The molecule has 0 aromatic rings. The highest BCUT2D eigenvalue weighted by molar-refractivity contribution is 7.90. The minimum absolute atomic E-state index is 0.0886. The normalized spacial score (nSPS) is 19.2. The molecule has 130 valence electrons. The summed E-state index contributed by atoms with van der Waals surface area (Å²) in [6.45, 7) is 4.95. The van der Waals surface area contributed by atoms with E-state index in [9.17, 15) is 21.6 Å². The molecule has 1 saturated heterocycles. The fourth-order valence-corrected chi connectivity index (χ4v) is 3.11. The summed E-state index contributed by atoms with van der Waals surface area (Å²) in [7, 11) is -5.22. The second-order valence-corrected chi connectivity index (χ2v) is 6.96. The number of aliphatic imine (C=N–C) groups is 1. The third-order valence-corrected chi connectivity index (χ3v) is 4.89. The van der Waals surface area contributed by atoms with E-state index in [0.29, 0.717) is 36.2 Å². The van der Waals surface area contributed by atoms with Crippen LogP contribution in [0.25, 0.3) is 0 Å². The Morgan fingerprint density at radius 2 is 1.86 bits per heavy atom. The van der Waals surface area contributed by atoms with E-state index in [1.165, 1.54) is 0 Å². The number of nitrogens with one attached hydrogen (secondary N) is 2. The summed E-state index contributed by atoms with van der Waals surface area (Å²) in [5, 5.41) is 6.20. The van der Waals surface area contributed by atoms with Crippen molar-refractivity contribution in [1.82, 2.24) is 14.9 Å². The average Bonchev–Trinajstić information content (AvgIpc) is 2.44. The Morgan fingerprint density at radius 1 is 1.27 bits per heavy atom. The molecule has 0 saturated carbocycles. The summed E-state index contributed by atoms with van der Waals surface area (Å²) in [5.41, 5.74) is -5.23. The van der Waals surface area contributed by atoms with E-state index in [1.807, 2.05) is 13.8 Å². The molecular weight excluding hydrogens is 321 g/mol. The molecule has 1 aliphatic rings. The Balaban J connectivity index is 2.58. The SMILES string of the molecule is CCCN=C(NCC)NC1CCN(S(=O)(=O)C(F)(F)F)CC1. The molecule has 0 amide bonds. The van der Waals surface area contributed by atoms with Gasteiger partial charge < -0.3 is 10.6 Å². The number of alkyl halides is 3. The predicted molar refractivity (Wildman–Crippen MR) is 79.0 cm³/mol. The molecule has 22 heavy (non-hydrogen) atoms. The zero-order valence-electron chi connectivity index (χ0n) is 12.8. The van der Waals surface area contributed by atoms with Gasteiger partial charge in [0.2, 0.25) is 0 Å². The predicted octanol–water partition coefficient (Wildman–Crippen LogP) is 1.27. The summed E-state index contributed by atoms with van der Waals surface area (Å²) in [6, 6.07) is -0.0886. The first-order valence-electron chi connectivity index (χ1n) is 7.33. The van der Waals surface area contributed by atoms with Gasteiger partial charge in [-0.1, -0.05) is 6.92 Å². The Kier molecular flexibility index (Phi) is 6.92. The zero-order valence-corrected chi connectivity index (χ0v) is 13.6. The highest BCUT2D eigenvalue weighted by Gasteiger charge is 2.50. The van der Waals surface area contributed by atoms with Crippen molar-refractivity contribution in [2.75, 3.05) is 26.2 Å². The lowest BCUT2D eigenvalue weighted by molar-refractivity contribution is -0.0494. The molecule has 0 aromatic carbocycles. The minimum Gasteiger partial charge on any atom is -0.357 e. The lowest BCUT2D eigenvalue weighted by Gasteiger charge is -2.32. The lowest BCUT2D eigenvalue weighted by Crippen LogP contribution is -2.51. The first-order valence-corrected chi connectivity index (χ1v) is 8.77. The van der Waals surface area contributed by atoms with Crippen molar-refractivity contribution in [1.29, 1.82) is 0 Å². The third kappa shape index (κ3) is 5.01. The molecule has 0 aliphatic carbocycles. The van der Waals surface area contributed by atoms with E-state index >= 15 is 0 Å². The van der Waals surface area contributed by atoms with Crippen LogP contribution in [0.15, 0.2) is 4.99 Å². The van der Waals surface area contributed by atoms with Crippen LogP contribution in [-0.4, -0.2) is 56.4 Å². The van der Waals surface area contributed by atoms with E-state index in [1.54, 1.807) is 0 Å². The molecular formula is C12H23F3N4O2S. The first-order chi connectivity index (χ1) is 10.2. The van der Waals surface area contributed by atoms with Crippen LogP contribution < -0.4 is 10.6 Å². The second kappa shape index (κ2) is 8.00. The van der Waals surface area contributed by atoms with Gasteiger partial charge in [0.1, 0.15) is 0 Å². The molecule has 6 nitrogen and oxygen atoms in total. The number of piperidine rings is 1. The number of nitrogens with zero attached hydrogens (tertiary/aromatic N) is 2. The van der Waals surface area contributed by atoms with Crippen molar-refractivity contribution >= 4 is 16.0 Å². The molecule has 2 N–H and O–H groups in total. The number of sulfonamides is 1. The van der Waals surface area contributed by atoms with Gasteiger partial charge in [-0.05, 0) is 26.2 Å². The van der Waals surface area contributed by atoms with E-state index in [4.69, 9.17) is 0 Å². The summed E-state index contributed by atoms with van der Waals surface area (Å²) in [4.78, 5) is 4.32. The van der Waals surface area contributed by atoms with Crippen LogP contribution >= 0.6 is 0 Å². The lowest BCUT2D eigenvalue weighted by atomic mass is 10.1. The van der Waals surface area contributed by atoms with Crippen LogP contribution in [-0.2, 0) is 10.0 Å². The van der Waals surface area contributed by atoms with Crippen LogP contribution in [0, 0.1) is 0 Å². The fourth-order valence-electron chi connectivity index (χ4n) is 2.12. The van der Waals surface area contributed by atoms with Crippen molar-refractivity contribution in [3.05, 3.63) is 0 Å². The topological polar surface area (TPSA) is 73.8 Å². The molecule has 1 aliphatic heterocycles. The van der Waals surface area contributed by atoms with Gasteiger partial charge >= 0.3 is 15.5 Å². The van der Waals surface area contributed by atoms with Crippen LogP contribution in [0.5, 0.6) is 0 Å². The highest BCUT2D eigenvalue weighted by atomic mass is 32.2. The third-order valence-electron chi connectivity index (χ3n) is 3.26. The van der Waals surface area contributed by atoms with Gasteiger partial charge in [-0.3, -0.25) is 4.99 Å². The van der Waals surface area contributed by atoms with Gasteiger partial charge in [0.25, 0.3) is 0 Å². The van der Waals surface area contributed by atoms with Gasteiger partial charge in [-0.15, -0.1) is 0 Å². The van der Waals surface area contributed by atoms with E-state index in [-0.39, 0.29) is 19.1 Å². The zero-order chi connectivity index (χ0) is 16.8. The molecule has 0 bridgehead atoms. The summed E-state index contributed by atoms with van der Waals surface area (Å²) >= 11 is 0. The molecule has 1 heterocycles. The number of hydrogen-bond acceptors (Lipinski definition) is 3. The van der Waals surface area contributed by atoms with E-state index in [0.717, 1.165) is 6.42 Å². The standard InChI is InChI=1S/C12H23F3N4O2S/c1-3-7-17-11(16-4-2)18-10-5-8-19(9-6-10)22(20,21)12(13,14)15/h10H,3-9H2,1-2H3,(H2,16,17,18). The Bertz CT molecular complexity index is 471. The smallest absolute Gasteiger partial charge is 0.357 e. The Hall–Kier alpha value is -1.03. The molecule has 1 fully saturated rings. The van der Waals surface area contributed by atoms with Gasteiger partial charge in [-0.2, -0.15) is 17.5 Å². The van der Waals surface area contributed by atoms with Gasteiger partial charge in [0.05, 0.1) is 0 Å².